The summed E-state index contributed by atoms with van der Waals surface area (Å²) >= 11 is 0. The molecule has 0 unspecified atom stereocenters. The lowest BCUT2D eigenvalue weighted by atomic mass is 9.85. The highest BCUT2D eigenvalue weighted by atomic mass is 14.2. The Kier molecular flexibility index (Phi) is 4.12. The van der Waals surface area contributed by atoms with Crippen molar-refractivity contribution in [1.29, 1.82) is 0 Å². The molecule has 4 aromatic rings. The summed E-state index contributed by atoms with van der Waals surface area (Å²) in [6.45, 7) is 6.77. The van der Waals surface area contributed by atoms with Crippen molar-refractivity contribution in [2.75, 3.05) is 0 Å². The van der Waals surface area contributed by atoms with Crippen molar-refractivity contribution in [1.82, 2.24) is 0 Å². The Bertz CT molecular complexity index is 1030. The minimum absolute atomic E-state index is 0.171. The van der Waals surface area contributed by atoms with Gasteiger partial charge in [-0.15, -0.1) is 0 Å². The van der Waals surface area contributed by atoms with Crippen molar-refractivity contribution in [2.24, 2.45) is 0 Å². The van der Waals surface area contributed by atoms with Gasteiger partial charge in [0, 0.05) is 0 Å². The molecular weight excluding hydrogens is 312 g/mol. The lowest BCUT2D eigenvalue weighted by molar-refractivity contribution is 0.590. The maximum absolute atomic E-state index is 2.32. The zero-order chi connectivity index (χ0) is 18.1. The molecule has 0 amide bonds. The molecule has 0 nitrogen and oxygen atoms in total. The molecule has 128 valence electrons. The zero-order valence-electron chi connectivity index (χ0n) is 15.7. The van der Waals surface area contributed by atoms with E-state index in [1.54, 1.807) is 0 Å². The van der Waals surface area contributed by atoms with Crippen LogP contribution < -0.4 is 0 Å². The predicted molar refractivity (Wildman–Crippen MR) is 114 cm³/mol. The summed E-state index contributed by atoms with van der Waals surface area (Å²) in [7, 11) is 0. The van der Waals surface area contributed by atoms with E-state index in [4.69, 9.17) is 0 Å². The summed E-state index contributed by atoms with van der Waals surface area (Å²) in [6.07, 6.45) is 0. The van der Waals surface area contributed by atoms with E-state index in [1.807, 2.05) is 0 Å². The fraction of sp³-hybridized carbons (Fsp3) is 0.154. The molecule has 0 aliphatic carbocycles. The van der Waals surface area contributed by atoms with Gasteiger partial charge >= 0.3 is 0 Å². The minimum Gasteiger partial charge on any atom is -0.0622 e. The molecule has 0 bridgehead atoms. The monoisotopic (exact) mass is 336 g/mol. The second kappa shape index (κ2) is 6.46. The van der Waals surface area contributed by atoms with E-state index >= 15 is 0 Å². The second-order valence-corrected chi connectivity index (χ2v) is 7.94. The lowest BCUT2D eigenvalue weighted by Crippen LogP contribution is -2.10. The third-order valence-corrected chi connectivity index (χ3v) is 5.03. The molecule has 0 N–H and O–H groups in total. The van der Waals surface area contributed by atoms with Crippen molar-refractivity contribution in [3.05, 3.63) is 96.6 Å². The molecule has 0 aliphatic rings. The molecule has 0 heterocycles. The standard InChI is InChI=1S/C26H24/c1-26(2,3)23-15-13-20(14-16-23)25-18-22-12-8-7-11-21(22)17-24(25)19-9-5-4-6-10-19/h4-18H,1-3H3. The average molecular weight is 336 g/mol. The quantitative estimate of drug-likeness (QED) is 0.356. The van der Waals surface area contributed by atoms with Gasteiger partial charge in [0.05, 0.1) is 0 Å². The molecule has 4 rings (SSSR count). The number of benzene rings is 4. The molecule has 0 atom stereocenters. The highest BCUT2D eigenvalue weighted by molar-refractivity contribution is 5.96. The van der Waals surface area contributed by atoms with E-state index in [0.717, 1.165) is 0 Å². The average Bonchev–Trinajstić information content (AvgIpc) is 2.67. The van der Waals surface area contributed by atoms with Crippen molar-refractivity contribution in [3.63, 3.8) is 0 Å². The summed E-state index contributed by atoms with van der Waals surface area (Å²) < 4.78 is 0. The predicted octanol–water partition coefficient (Wildman–Crippen LogP) is 7.47. The van der Waals surface area contributed by atoms with Gasteiger partial charge in [-0.3, -0.25) is 0 Å². The van der Waals surface area contributed by atoms with Crippen LogP contribution in [0.2, 0.25) is 0 Å². The summed E-state index contributed by atoms with van der Waals surface area (Å²) in [5.41, 5.74) is 6.63. The Labute approximate surface area is 156 Å². The van der Waals surface area contributed by atoms with Crippen molar-refractivity contribution in [2.45, 2.75) is 26.2 Å². The van der Waals surface area contributed by atoms with Crippen LogP contribution in [0.25, 0.3) is 33.0 Å². The molecule has 0 heteroatoms. The molecular formula is C26H24. The van der Waals surface area contributed by atoms with Gasteiger partial charge in [0.25, 0.3) is 0 Å². The smallest absolute Gasteiger partial charge is 0.00990 e. The molecule has 4 aromatic carbocycles. The van der Waals surface area contributed by atoms with Gasteiger partial charge in [0.15, 0.2) is 0 Å². The van der Waals surface area contributed by atoms with Crippen LogP contribution in [0, 0.1) is 0 Å². The number of hydrogen-bond donors (Lipinski definition) is 0. The summed E-state index contributed by atoms with van der Waals surface area (Å²) in [6, 6.07) is 33.0. The Morgan fingerprint density at radius 1 is 0.500 bits per heavy atom. The number of hydrogen-bond acceptors (Lipinski definition) is 0. The maximum atomic E-state index is 2.32. The molecule has 0 spiro atoms. The molecule has 0 fully saturated rings. The first-order valence-corrected chi connectivity index (χ1v) is 9.21. The molecule has 26 heavy (non-hydrogen) atoms. The minimum atomic E-state index is 0.171. The fourth-order valence-corrected chi connectivity index (χ4v) is 3.49. The van der Waals surface area contributed by atoms with E-state index in [2.05, 4.69) is 112 Å². The van der Waals surface area contributed by atoms with Crippen LogP contribution in [0.15, 0.2) is 91.0 Å². The van der Waals surface area contributed by atoms with E-state index in [0.29, 0.717) is 0 Å². The van der Waals surface area contributed by atoms with Crippen molar-refractivity contribution in [3.8, 4) is 22.3 Å². The molecule has 0 aliphatic heterocycles. The zero-order valence-corrected chi connectivity index (χ0v) is 15.7. The number of rotatable bonds is 2. The van der Waals surface area contributed by atoms with Crippen LogP contribution in [0.3, 0.4) is 0 Å². The normalized spacial score (nSPS) is 11.7. The van der Waals surface area contributed by atoms with Crippen LogP contribution >= 0.6 is 0 Å². The SMILES string of the molecule is CC(C)(C)c1ccc(-c2cc3ccccc3cc2-c2ccccc2)cc1. The summed E-state index contributed by atoms with van der Waals surface area (Å²) in [5, 5.41) is 2.56. The van der Waals surface area contributed by atoms with Gasteiger partial charge in [-0.2, -0.15) is 0 Å². The van der Waals surface area contributed by atoms with Gasteiger partial charge in [-0.05, 0) is 56.1 Å². The van der Waals surface area contributed by atoms with E-state index in [1.165, 1.54) is 38.6 Å². The fourth-order valence-electron chi connectivity index (χ4n) is 3.49. The van der Waals surface area contributed by atoms with Crippen LogP contribution in [0.1, 0.15) is 26.3 Å². The van der Waals surface area contributed by atoms with Gasteiger partial charge in [-0.1, -0.05) is 99.6 Å². The Balaban J connectivity index is 1.93. The highest BCUT2D eigenvalue weighted by Crippen LogP contribution is 2.36. The lowest BCUT2D eigenvalue weighted by Gasteiger charge is -2.20. The van der Waals surface area contributed by atoms with Crippen molar-refractivity contribution < 1.29 is 0 Å². The first-order valence-electron chi connectivity index (χ1n) is 9.21. The van der Waals surface area contributed by atoms with E-state index in [-0.39, 0.29) is 5.41 Å². The first-order chi connectivity index (χ1) is 12.5. The largest absolute Gasteiger partial charge is 0.0622 e. The maximum Gasteiger partial charge on any atom is -0.00990 e. The van der Waals surface area contributed by atoms with Crippen LogP contribution in [0.5, 0.6) is 0 Å². The van der Waals surface area contributed by atoms with Gasteiger partial charge in [0.2, 0.25) is 0 Å². The third-order valence-electron chi connectivity index (χ3n) is 5.03. The molecule has 0 saturated carbocycles. The first kappa shape index (κ1) is 16.6. The van der Waals surface area contributed by atoms with Crippen LogP contribution in [-0.4, -0.2) is 0 Å². The topological polar surface area (TPSA) is 0 Å². The van der Waals surface area contributed by atoms with E-state index < -0.39 is 0 Å². The highest BCUT2D eigenvalue weighted by Gasteiger charge is 2.14. The number of fused-ring (bicyclic) bond motifs is 1. The van der Waals surface area contributed by atoms with Crippen LogP contribution in [-0.2, 0) is 5.41 Å². The van der Waals surface area contributed by atoms with Gasteiger partial charge < -0.3 is 0 Å². The van der Waals surface area contributed by atoms with Crippen molar-refractivity contribution >= 4 is 10.8 Å². The molecule has 0 radical (unpaired) electrons. The second-order valence-electron chi connectivity index (χ2n) is 7.94. The van der Waals surface area contributed by atoms with E-state index in [9.17, 15) is 0 Å². The van der Waals surface area contributed by atoms with Crippen LogP contribution in [0.4, 0.5) is 0 Å². The summed E-state index contributed by atoms with van der Waals surface area (Å²) in [5.74, 6) is 0. The molecule has 0 saturated heterocycles. The van der Waals surface area contributed by atoms with Gasteiger partial charge in [-0.25, -0.2) is 0 Å². The molecule has 0 aromatic heterocycles. The summed E-state index contributed by atoms with van der Waals surface area (Å²) in [4.78, 5) is 0. The van der Waals surface area contributed by atoms with Gasteiger partial charge in [0.1, 0.15) is 0 Å². The Morgan fingerprint density at radius 2 is 0.962 bits per heavy atom. The third kappa shape index (κ3) is 3.15. The Hall–Kier alpha value is -2.86. The Morgan fingerprint density at radius 3 is 1.46 bits per heavy atom.